The van der Waals surface area contributed by atoms with Gasteiger partial charge in [0.25, 0.3) is 11.8 Å². The summed E-state index contributed by atoms with van der Waals surface area (Å²) in [5, 5.41) is 3.77. The number of thiazole rings is 1. The fourth-order valence-electron chi connectivity index (χ4n) is 5.41. The van der Waals surface area contributed by atoms with Gasteiger partial charge >= 0.3 is 0 Å². The maximum atomic E-state index is 14.1. The lowest BCUT2D eigenvalue weighted by Gasteiger charge is -2.35. The standard InChI is InChI=1S/C31H32N8O2S/c1-20-15-23-27(28(22-7-5-4-6-8-22)37(3)29(23)35-16-20)31(41)39-13-11-38(12-14-39)26-18-33-24(17-34-26)30(40)32-10-9-25-21(2)36-19-42-25/h4-8,15-19H,9-14H2,1-3H3,(H,32,40). The molecule has 5 aromatic rings. The molecule has 0 atom stereocenters. The molecule has 10 nitrogen and oxygen atoms in total. The van der Waals surface area contributed by atoms with Gasteiger partial charge in [0.2, 0.25) is 0 Å². The number of nitrogens with zero attached hydrogens (tertiary/aromatic N) is 7. The number of nitrogens with one attached hydrogen (secondary N) is 1. The third kappa shape index (κ3) is 5.35. The summed E-state index contributed by atoms with van der Waals surface area (Å²) in [5.74, 6) is 0.438. The van der Waals surface area contributed by atoms with Crippen molar-refractivity contribution in [3.8, 4) is 11.3 Å². The van der Waals surface area contributed by atoms with Gasteiger partial charge in [0.1, 0.15) is 17.2 Å². The van der Waals surface area contributed by atoms with Gasteiger partial charge in [-0.3, -0.25) is 9.59 Å². The molecule has 6 rings (SSSR count). The van der Waals surface area contributed by atoms with Crippen molar-refractivity contribution < 1.29 is 9.59 Å². The van der Waals surface area contributed by atoms with Crippen molar-refractivity contribution in [2.75, 3.05) is 37.6 Å². The molecule has 0 radical (unpaired) electrons. The van der Waals surface area contributed by atoms with Crippen molar-refractivity contribution in [2.45, 2.75) is 20.3 Å². The van der Waals surface area contributed by atoms with E-state index in [1.165, 1.54) is 6.20 Å². The molecule has 214 valence electrons. The lowest BCUT2D eigenvalue weighted by molar-refractivity contribution is 0.0748. The summed E-state index contributed by atoms with van der Waals surface area (Å²) in [4.78, 5) is 49.6. The summed E-state index contributed by atoms with van der Waals surface area (Å²) < 4.78 is 2.02. The fraction of sp³-hybridized carbons (Fsp3) is 0.290. The minimum atomic E-state index is -0.249. The zero-order chi connectivity index (χ0) is 29.2. The molecule has 1 saturated heterocycles. The highest BCUT2D eigenvalue weighted by Gasteiger charge is 2.29. The highest BCUT2D eigenvalue weighted by Crippen LogP contribution is 2.34. The van der Waals surface area contributed by atoms with Crippen LogP contribution in [0.15, 0.2) is 60.5 Å². The van der Waals surface area contributed by atoms with Gasteiger partial charge in [0.05, 0.1) is 34.9 Å². The molecule has 1 aromatic carbocycles. The Morgan fingerprint density at radius 2 is 1.74 bits per heavy atom. The van der Waals surface area contributed by atoms with Crippen LogP contribution >= 0.6 is 11.3 Å². The topological polar surface area (TPSA) is 109 Å². The SMILES string of the molecule is Cc1cnc2c(c1)c(C(=O)N1CCN(c3cnc(C(=O)NCCc4scnc4C)cn3)CC1)c(-c1ccccc1)n2C. The molecule has 1 fully saturated rings. The monoisotopic (exact) mass is 580 g/mol. The summed E-state index contributed by atoms with van der Waals surface area (Å²) >= 11 is 1.59. The second kappa shape index (κ2) is 11.7. The van der Waals surface area contributed by atoms with Crippen LogP contribution in [0.4, 0.5) is 5.82 Å². The molecule has 0 aliphatic carbocycles. The molecular weight excluding hydrogens is 548 g/mol. The Labute approximate surface area is 248 Å². The molecule has 0 saturated carbocycles. The van der Waals surface area contributed by atoms with Gasteiger partial charge in [0, 0.05) is 62.7 Å². The van der Waals surface area contributed by atoms with E-state index >= 15 is 0 Å². The van der Waals surface area contributed by atoms with Crippen LogP contribution in [0.5, 0.6) is 0 Å². The number of hydrogen-bond donors (Lipinski definition) is 1. The van der Waals surface area contributed by atoms with E-state index in [4.69, 9.17) is 0 Å². The van der Waals surface area contributed by atoms with E-state index in [2.05, 4.69) is 30.2 Å². The maximum Gasteiger partial charge on any atom is 0.271 e. The zero-order valence-electron chi connectivity index (χ0n) is 23.9. The number of anilines is 1. The summed E-state index contributed by atoms with van der Waals surface area (Å²) in [6, 6.07) is 12.0. The van der Waals surface area contributed by atoms with Gasteiger partial charge < -0.3 is 19.7 Å². The van der Waals surface area contributed by atoms with E-state index in [9.17, 15) is 9.59 Å². The highest BCUT2D eigenvalue weighted by molar-refractivity contribution is 7.09. The van der Waals surface area contributed by atoms with Gasteiger partial charge in [-0.2, -0.15) is 0 Å². The number of fused-ring (bicyclic) bond motifs is 1. The van der Waals surface area contributed by atoms with E-state index in [0.717, 1.165) is 44.8 Å². The van der Waals surface area contributed by atoms with E-state index < -0.39 is 0 Å². The van der Waals surface area contributed by atoms with Crippen LogP contribution in [0.25, 0.3) is 22.3 Å². The van der Waals surface area contributed by atoms with Gasteiger partial charge in [-0.05, 0) is 31.0 Å². The van der Waals surface area contributed by atoms with E-state index in [1.54, 1.807) is 17.5 Å². The quantitative estimate of drug-likeness (QED) is 0.310. The number of aryl methyl sites for hydroxylation is 3. The van der Waals surface area contributed by atoms with E-state index in [1.807, 2.05) is 78.5 Å². The molecule has 0 spiro atoms. The first kappa shape index (κ1) is 27.5. The van der Waals surface area contributed by atoms with Crippen LogP contribution < -0.4 is 10.2 Å². The number of carbonyl (C=O) groups is 2. The van der Waals surface area contributed by atoms with Crippen molar-refractivity contribution in [1.82, 2.24) is 34.7 Å². The van der Waals surface area contributed by atoms with Crippen LogP contribution in [0.2, 0.25) is 0 Å². The van der Waals surface area contributed by atoms with Crippen LogP contribution in [0, 0.1) is 13.8 Å². The minimum absolute atomic E-state index is 0.00173. The van der Waals surface area contributed by atoms with Gasteiger partial charge in [-0.15, -0.1) is 11.3 Å². The first-order chi connectivity index (χ1) is 20.4. The number of rotatable bonds is 7. The largest absolute Gasteiger partial charge is 0.352 e. The molecule has 42 heavy (non-hydrogen) atoms. The van der Waals surface area contributed by atoms with Crippen molar-refractivity contribution in [3.63, 3.8) is 0 Å². The van der Waals surface area contributed by atoms with Gasteiger partial charge in [0.15, 0.2) is 0 Å². The van der Waals surface area contributed by atoms with Crippen LogP contribution in [0.3, 0.4) is 0 Å². The predicted molar refractivity (Wildman–Crippen MR) is 164 cm³/mol. The molecule has 1 aliphatic rings. The third-order valence-corrected chi connectivity index (χ3v) is 8.66. The molecule has 0 bridgehead atoms. The Hall–Kier alpha value is -4.64. The van der Waals surface area contributed by atoms with Crippen LogP contribution in [0.1, 0.15) is 37.0 Å². The average molecular weight is 581 g/mol. The fourth-order valence-corrected chi connectivity index (χ4v) is 6.19. The summed E-state index contributed by atoms with van der Waals surface area (Å²) in [7, 11) is 1.96. The average Bonchev–Trinajstić information content (AvgIpc) is 3.56. The minimum Gasteiger partial charge on any atom is -0.352 e. The Kier molecular flexibility index (Phi) is 7.66. The van der Waals surface area contributed by atoms with E-state index in [-0.39, 0.29) is 17.5 Å². The van der Waals surface area contributed by atoms with Gasteiger partial charge in [-0.25, -0.2) is 19.9 Å². The Bertz CT molecular complexity index is 1740. The molecule has 1 N–H and O–H groups in total. The smallest absolute Gasteiger partial charge is 0.271 e. The number of benzene rings is 1. The second-order valence-electron chi connectivity index (χ2n) is 10.4. The summed E-state index contributed by atoms with van der Waals surface area (Å²) in [6.45, 7) is 6.80. The lowest BCUT2D eigenvalue weighted by atomic mass is 10.0. The molecule has 11 heteroatoms. The van der Waals surface area contributed by atoms with Crippen molar-refractivity contribution >= 4 is 40.0 Å². The highest BCUT2D eigenvalue weighted by atomic mass is 32.1. The van der Waals surface area contributed by atoms with Gasteiger partial charge in [-0.1, -0.05) is 30.3 Å². The Balaban J connectivity index is 1.13. The van der Waals surface area contributed by atoms with Crippen molar-refractivity contribution in [2.24, 2.45) is 7.05 Å². The zero-order valence-corrected chi connectivity index (χ0v) is 24.7. The molecule has 4 aromatic heterocycles. The third-order valence-electron chi connectivity index (χ3n) is 7.67. The number of pyridine rings is 1. The number of carbonyl (C=O) groups excluding carboxylic acids is 2. The Morgan fingerprint density at radius 3 is 2.43 bits per heavy atom. The normalized spacial score (nSPS) is 13.5. The number of amides is 2. The first-order valence-electron chi connectivity index (χ1n) is 13.9. The lowest BCUT2D eigenvalue weighted by Crippen LogP contribution is -2.49. The summed E-state index contributed by atoms with van der Waals surface area (Å²) in [6.07, 6.45) is 5.71. The molecule has 2 amide bonds. The number of piperazine rings is 1. The van der Waals surface area contributed by atoms with E-state index in [0.29, 0.717) is 44.1 Å². The molecule has 5 heterocycles. The summed E-state index contributed by atoms with van der Waals surface area (Å²) in [5.41, 5.74) is 7.44. The molecular formula is C31H32N8O2S. The Morgan fingerprint density at radius 1 is 0.952 bits per heavy atom. The maximum absolute atomic E-state index is 14.1. The molecule has 0 unspecified atom stereocenters. The van der Waals surface area contributed by atoms with Crippen molar-refractivity contribution in [1.29, 1.82) is 0 Å². The second-order valence-corrected chi connectivity index (χ2v) is 11.4. The number of aromatic nitrogens is 5. The van der Waals surface area contributed by atoms with Crippen molar-refractivity contribution in [3.05, 3.63) is 87.9 Å². The predicted octanol–water partition coefficient (Wildman–Crippen LogP) is 4.04. The first-order valence-corrected chi connectivity index (χ1v) is 14.8. The van der Waals surface area contributed by atoms with Crippen LogP contribution in [-0.4, -0.2) is 73.9 Å². The van der Waals surface area contributed by atoms with Crippen LogP contribution in [-0.2, 0) is 13.5 Å². The number of hydrogen-bond acceptors (Lipinski definition) is 8. The molecule has 1 aliphatic heterocycles.